The van der Waals surface area contributed by atoms with Crippen LogP contribution in [0.1, 0.15) is 11.3 Å². The van der Waals surface area contributed by atoms with E-state index in [0.717, 1.165) is 12.1 Å². The van der Waals surface area contributed by atoms with E-state index in [2.05, 4.69) is 5.32 Å². The maximum atomic E-state index is 12.8. The molecule has 0 aliphatic rings. The Kier molecular flexibility index (Phi) is 4.13. The molecular weight excluding hydrogens is 287 g/mol. The first-order valence-electron chi connectivity index (χ1n) is 6.07. The van der Waals surface area contributed by atoms with Crippen LogP contribution >= 0.6 is 0 Å². The molecule has 7 heteroatoms. The van der Waals surface area contributed by atoms with Crippen LogP contribution in [0.2, 0.25) is 0 Å². The largest absolute Gasteiger partial charge is 0.504 e. The summed E-state index contributed by atoms with van der Waals surface area (Å²) in [5.74, 6) is 0.167. The highest BCUT2D eigenvalue weighted by Gasteiger charge is 2.31. The Balaban J connectivity index is 2.51. The summed E-state index contributed by atoms with van der Waals surface area (Å²) in [5, 5.41) is 12.8. The first-order valence-corrected chi connectivity index (χ1v) is 6.07. The van der Waals surface area contributed by atoms with Crippen molar-refractivity contribution in [2.75, 3.05) is 19.2 Å². The van der Waals surface area contributed by atoms with Gasteiger partial charge in [0.25, 0.3) is 0 Å². The van der Waals surface area contributed by atoms with Gasteiger partial charge in [0.15, 0.2) is 5.75 Å². The van der Waals surface area contributed by atoms with Crippen molar-refractivity contribution in [3.8, 4) is 16.9 Å². The van der Waals surface area contributed by atoms with E-state index in [9.17, 15) is 18.3 Å². The van der Waals surface area contributed by atoms with Gasteiger partial charge in [0.2, 0.25) is 5.88 Å². The van der Waals surface area contributed by atoms with E-state index in [0.29, 0.717) is 0 Å². The lowest BCUT2D eigenvalue weighted by Gasteiger charge is -2.09. The Morgan fingerprint density at radius 3 is 2.67 bits per heavy atom. The van der Waals surface area contributed by atoms with Gasteiger partial charge in [0.1, 0.15) is 12.5 Å². The van der Waals surface area contributed by atoms with Gasteiger partial charge in [-0.25, -0.2) is 0 Å². The predicted molar refractivity (Wildman–Crippen MR) is 71.0 cm³/mol. The number of methoxy groups -OCH3 is 1. The normalized spacial score (nSPS) is 11.7. The van der Waals surface area contributed by atoms with Crippen LogP contribution in [0.15, 0.2) is 28.7 Å². The van der Waals surface area contributed by atoms with Gasteiger partial charge >= 0.3 is 6.18 Å². The summed E-state index contributed by atoms with van der Waals surface area (Å²) in [6.07, 6.45) is -4.45. The summed E-state index contributed by atoms with van der Waals surface area (Å²) in [7, 11) is 1.45. The zero-order valence-electron chi connectivity index (χ0n) is 11.4. The molecule has 0 radical (unpaired) electrons. The molecule has 21 heavy (non-hydrogen) atoms. The molecule has 1 aromatic carbocycles. The van der Waals surface area contributed by atoms with Crippen LogP contribution in [0.3, 0.4) is 0 Å². The number of furan rings is 1. The van der Waals surface area contributed by atoms with Gasteiger partial charge in [-0.15, -0.1) is 0 Å². The van der Waals surface area contributed by atoms with Gasteiger partial charge in [-0.1, -0.05) is 12.1 Å². The zero-order valence-corrected chi connectivity index (χ0v) is 11.4. The number of anilines is 1. The fourth-order valence-electron chi connectivity index (χ4n) is 1.92. The molecular formula is C14H14F3NO3. The van der Waals surface area contributed by atoms with Crippen molar-refractivity contribution >= 4 is 5.88 Å². The number of halogens is 3. The number of aryl methyl sites for hydroxylation is 1. The van der Waals surface area contributed by atoms with Gasteiger partial charge < -0.3 is 19.6 Å². The van der Waals surface area contributed by atoms with E-state index in [-0.39, 0.29) is 35.3 Å². The quantitative estimate of drug-likeness (QED) is 0.838. The van der Waals surface area contributed by atoms with Gasteiger partial charge in [-0.2, -0.15) is 13.2 Å². The standard InChI is InChI=1S/C14H14F3NO3/c1-8-12(19)11(13(21-8)18-7-20-2)9-4-3-5-10(6-9)14(15,16)17/h3-6,18-19H,7H2,1-2H3. The summed E-state index contributed by atoms with van der Waals surface area (Å²) in [6, 6.07) is 4.68. The van der Waals surface area contributed by atoms with Crippen LogP contribution in [0.4, 0.5) is 19.1 Å². The van der Waals surface area contributed by atoms with Crippen molar-refractivity contribution in [1.82, 2.24) is 0 Å². The number of nitrogens with one attached hydrogen (secondary N) is 1. The van der Waals surface area contributed by atoms with Gasteiger partial charge in [0.05, 0.1) is 11.1 Å². The first-order chi connectivity index (χ1) is 9.84. The minimum absolute atomic E-state index is 0.0956. The highest BCUT2D eigenvalue weighted by Crippen LogP contribution is 2.42. The summed E-state index contributed by atoms with van der Waals surface area (Å²) in [4.78, 5) is 0. The monoisotopic (exact) mass is 301 g/mol. The Hall–Kier alpha value is -2.15. The van der Waals surface area contributed by atoms with E-state index < -0.39 is 11.7 Å². The number of aromatic hydroxyl groups is 1. The molecule has 1 aromatic heterocycles. The first kappa shape index (κ1) is 15.2. The van der Waals surface area contributed by atoms with Crippen LogP contribution in [0.25, 0.3) is 11.1 Å². The van der Waals surface area contributed by atoms with Crippen LogP contribution < -0.4 is 5.32 Å². The second-order valence-electron chi connectivity index (χ2n) is 4.40. The molecule has 0 spiro atoms. The molecule has 2 N–H and O–H groups in total. The van der Waals surface area contributed by atoms with E-state index in [1.54, 1.807) is 0 Å². The van der Waals surface area contributed by atoms with Crippen LogP contribution in [0.5, 0.6) is 5.75 Å². The molecule has 0 aliphatic heterocycles. The second-order valence-corrected chi connectivity index (χ2v) is 4.40. The maximum absolute atomic E-state index is 12.8. The van der Waals surface area contributed by atoms with E-state index in [1.807, 2.05) is 0 Å². The topological polar surface area (TPSA) is 54.6 Å². The number of ether oxygens (including phenoxy) is 1. The van der Waals surface area contributed by atoms with Crippen molar-refractivity contribution in [2.24, 2.45) is 0 Å². The lowest BCUT2D eigenvalue weighted by molar-refractivity contribution is -0.137. The molecule has 0 amide bonds. The Labute approximate surface area is 119 Å². The average Bonchev–Trinajstić information content (AvgIpc) is 2.71. The molecule has 114 valence electrons. The number of hydrogen-bond donors (Lipinski definition) is 2. The molecule has 1 heterocycles. The molecule has 0 unspecified atom stereocenters. The SMILES string of the molecule is COCNc1oc(C)c(O)c1-c1cccc(C(F)(F)F)c1. The smallest absolute Gasteiger partial charge is 0.416 e. The number of alkyl halides is 3. The average molecular weight is 301 g/mol. The van der Waals surface area contributed by atoms with Crippen molar-refractivity contribution in [1.29, 1.82) is 0 Å². The highest BCUT2D eigenvalue weighted by molar-refractivity contribution is 5.81. The molecule has 0 fully saturated rings. The number of benzene rings is 1. The lowest BCUT2D eigenvalue weighted by atomic mass is 10.0. The second kappa shape index (κ2) is 5.69. The Morgan fingerprint density at radius 1 is 1.33 bits per heavy atom. The predicted octanol–water partition coefficient (Wildman–Crippen LogP) is 4.00. The molecule has 0 atom stereocenters. The van der Waals surface area contributed by atoms with E-state index in [4.69, 9.17) is 9.15 Å². The van der Waals surface area contributed by atoms with Crippen molar-refractivity contribution in [3.05, 3.63) is 35.6 Å². The third-order valence-corrected chi connectivity index (χ3v) is 2.91. The molecule has 0 saturated heterocycles. The Morgan fingerprint density at radius 2 is 2.05 bits per heavy atom. The molecule has 0 bridgehead atoms. The zero-order chi connectivity index (χ0) is 15.6. The van der Waals surface area contributed by atoms with Crippen molar-refractivity contribution in [3.63, 3.8) is 0 Å². The third-order valence-electron chi connectivity index (χ3n) is 2.91. The van der Waals surface area contributed by atoms with E-state index >= 15 is 0 Å². The van der Waals surface area contributed by atoms with Crippen LogP contribution in [-0.4, -0.2) is 18.9 Å². The molecule has 0 aliphatic carbocycles. The summed E-state index contributed by atoms with van der Waals surface area (Å²) < 4.78 is 48.4. The van der Waals surface area contributed by atoms with Gasteiger partial charge in [-0.05, 0) is 24.6 Å². The van der Waals surface area contributed by atoms with Crippen LogP contribution in [0, 0.1) is 6.92 Å². The summed E-state index contributed by atoms with van der Waals surface area (Å²) in [5.41, 5.74) is -0.413. The molecule has 2 rings (SSSR count). The van der Waals surface area contributed by atoms with E-state index in [1.165, 1.54) is 26.2 Å². The third kappa shape index (κ3) is 3.13. The number of hydrogen-bond acceptors (Lipinski definition) is 4. The minimum atomic E-state index is -4.45. The molecule has 4 nitrogen and oxygen atoms in total. The van der Waals surface area contributed by atoms with Crippen molar-refractivity contribution < 1.29 is 27.4 Å². The van der Waals surface area contributed by atoms with Crippen LogP contribution in [-0.2, 0) is 10.9 Å². The summed E-state index contributed by atoms with van der Waals surface area (Å²) >= 11 is 0. The Bertz CT molecular complexity index is 635. The van der Waals surface area contributed by atoms with Gasteiger partial charge in [0, 0.05) is 7.11 Å². The summed E-state index contributed by atoms with van der Waals surface area (Å²) in [6.45, 7) is 1.61. The molecule has 2 aromatic rings. The van der Waals surface area contributed by atoms with Gasteiger partial charge in [-0.3, -0.25) is 0 Å². The molecule has 0 saturated carbocycles. The fourth-order valence-corrected chi connectivity index (χ4v) is 1.92. The fraction of sp³-hybridized carbons (Fsp3) is 0.286. The highest BCUT2D eigenvalue weighted by atomic mass is 19.4. The minimum Gasteiger partial charge on any atom is -0.504 e. The lowest BCUT2D eigenvalue weighted by Crippen LogP contribution is -2.05. The number of rotatable bonds is 4. The maximum Gasteiger partial charge on any atom is 0.416 e. The van der Waals surface area contributed by atoms with Crippen molar-refractivity contribution in [2.45, 2.75) is 13.1 Å².